The van der Waals surface area contributed by atoms with Crippen LogP contribution in [0.25, 0.3) is 11.4 Å². The molecule has 7 nitrogen and oxygen atoms in total. The van der Waals surface area contributed by atoms with Crippen molar-refractivity contribution in [3.8, 4) is 17.5 Å². The van der Waals surface area contributed by atoms with Crippen molar-refractivity contribution in [1.29, 1.82) is 5.26 Å². The van der Waals surface area contributed by atoms with Gasteiger partial charge in [0.05, 0.1) is 5.56 Å². The molecule has 0 aliphatic heterocycles. The molecular weight excluding hydrogens is 392 g/mol. The Hall–Kier alpha value is -2.57. The smallest absolute Gasteiger partial charge is 0.251 e. The second-order valence-electron chi connectivity index (χ2n) is 4.88. The monoisotopic (exact) mass is 402 g/mol. The zero-order valence-electron chi connectivity index (χ0n) is 12.5. The van der Waals surface area contributed by atoms with E-state index in [4.69, 9.17) is 5.26 Å². The highest BCUT2D eigenvalue weighted by atomic mass is 79.9. The van der Waals surface area contributed by atoms with E-state index in [1.165, 1.54) is 16.1 Å². The van der Waals surface area contributed by atoms with Crippen LogP contribution in [0, 0.1) is 11.3 Å². The number of carbonyl (C=O) groups is 1. The number of nitrogens with one attached hydrogen (secondary N) is 1. The first kappa shape index (κ1) is 16.3. The molecule has 0 saturated carbocycles. The number of aromatic nitrogens is 4. The summed E-state index contributed by atoms with van der Waals surface area (Å²) in [5.41, 5.74) is 1.24. The lowest BCUT2D eigenvalue weighted by Crippen LogP contribution is -2.25. The van der Waals surface area contributed by atoms with Gasteiger partial charge in [-0.05, 0) is 47.8 Å². The van der Waals surface area contributed by atoms with Crippen molar-refractivity contribution in [2.45, 2.75) is 13.0 Å². The van der Waals surface area contributed by atoms with Crippen molar-refractivity contribution in [3.05, 3.63) is 45.7 Å². The third-order valence-corrected chi connectivity index (χ3v) is 4.64. The van der Waals surface area contributed by atoms with Crippen molar-refractivity contribution < 1.29 is 4.79 Å². The number of hydrogen-bond donors (Lipinski definition) is 1. The lowest BCUT2D eigenvalue weighted by molar-refractivity contribution is -0.119. The molecule has 0 radical (unpaired) electrons. The normalized spacial score (nSPS) is 11.7. The van der Waals surface area contributed by atoms with E-state index in [1.54, 1.807) is 18.4 Å². The van der Waals surface area contributed by atoms with Crippen molar-refractivity contribution in [3.63, 3.8) is 0 Å². The predicted molar refractivity (Wildman–Crippen MR) is 93.3 cm³/mol. The fraction of sp³-hybridized carbons (Fsp3) is 0.133. The van der Waals surface area contributed by atoms with Crippen LogP contribution in [0.2, 0.25) is 0 Å². The number of nitrogens with zero attached hydrogens (tertiary/aromatic N) is 5. The summed E-state index contributed by atoms with van der Waals surface area (Å²) in [6.07, 6.45) is 0. The van der Waals surface area contributed by atoms with E-state index in [9.17, 15) is 4.79 Å². The Labute approximate surface area is 150 Å². The van der Waals surface area contributed by atoms with Gasteiger partial charge in [-0.15, -0.1) is 21.5 Å². The minimum atomic E-state index is -0.657. The van der Waals surface area contributed by atoms with Crippen molar-refractivity contribution in [2.24, 2.45) is 0 Å². The molecular formula is C15H11BrN6OS. The number of thiophene rings is 1. The Morgan fingerprint density at radius 1 is 1.38 bits per heavy atom. The van der Waals surface area contributed by atoms with Gasteiger partial charge in [0.1, 0.15) is 17.1 Å². The maximum Gasteiger partial charge on any atom is 0.251 e. The lowest BCUT2D eigenvalue weighted by atomic mass is 10.2. The molecule has 0 aliphatic carbocycles. The van der Waals surface area contributed by atoms with Crippen molar-refractivity contribution in [2.75, 3.05) is 5.32 Å². The predicted octanol–water partition coefficient (Wildman–Crippen LogP) is 3.24. The molecule has 0 spiro atoms. The van der Waals surface area contributed by atoms with E-state index in [-0.39, 0.29) is 5.91 Å². The first-order valence-corrected chi connectivity index (χ1v) is 8.59. The number of rotatable bonds is 4. The molecule has 1 atom stereocenters. The lowest BCUT2D eigenvalue weighted by Gasteiger charge is -2.09. The summed E-state index contributed by atoms with van der Waals surface area (Å²) < 4.78 is 0.954. The van der Waals surface area contributed by atoms with E-state index in [2.05, 4.69) is 36.7 Å². The molecule has 3 aromatic rings. The first-order valence-electron chi connectivity index (χ1n) is 6.92. The topological polar surface area (TPSA) is 96.5 Å². The maximum atomic E-state index is 12.3. The van der Waals surface area contributed by atoms with Gasteiger partial charge in [0, 0.05) is 10.0 Å². The minimum absolute atomic E-state index is 0.311. The van der Waals surface area contributed by atoms with Gasteiger partial charge in [0.15, 0.2) is 0 Å². The standard InChI is InChI=1S/C15H11BrN6OS/c1-9(14(23)18-15-11(8-17)6-7-24-15)22-20-13(19-21-22)10-2-4-12(16)5-3-10/h2-7,9H,1H3,(H,18,23)/t9-/m1/s1. The Bertz CT molecular complexity index is 911. The Balaban J connectivity index is 1.76. The summed E-state index contributed by atoms with van der Waals surface area (Å²) in [5.74, 6) is 0.129. The Morgan fingerprint density at radius 2 is 2.12 bits per heavy atom. The number of benzene rings is 1. The van der Waals surface area contributed by atoms with Gasteiger partial charge in [0.25, 0.3) is 5.91 Å². The molecule has 0 bridgehead atoms. The first-order chi connectivity index (χ1) is 11.6. The fourth-order valence-corrected chi connectivity index (χ4v) is 2.92. The van der Waals surface area contributed by atoms with Gasteiger partial charge in [-0.25, -0.2) is 0 Å². The average Bonchev–Trinajstić information content (AvgIpc) is 3.24. The molecule has 9 heteroatoms. The summed E-state index contributed by atoms with van der Waals surface area (Å²) in [4.78, 5) is 13.6. The minimum Gasteiger partial charge on any atom is -0.315 e. The van der Waals surface area contributed by atoms with Crippen LogP contribution in [0.15, 0.2) is 40.2 Å². The molecule has 1 N–H and O–H groups in total. The SMILES string of the molecule is C[C@H](C(=O)Nc1sccc1C#N)n1nnc(-c2ccc(Br)cc2)n1. The van der Waals surface area contributed by atoms with Crippen LogP contribution in [-0.2, 0) is 4.79 Å². The molecule has 120 valence electrons. The second kappa shape index (κ2) is 6.90. The summed E-state index contributed by atoms with van der Waals surface area (Å²) in [6, 6.07) is 10.5. The van der Waals surface area contributed by atoms with Gasteiger partial charge < -0.3 is 5.32 Å². The summed E-state index contributed by atoms with van der Waals surface area (Å²) in [7, 11) is 0. The van der Waals surface area contributed by atoms with Crippen LogP contribution in [0.5, 0.6) is 0 Å². The highest BCUT2D eigenvalue weighted by molar-refractivity contribution is 9.10. The van der Waals surface area contributed by atoms with Crippen LogP contribution in [0.4, 0.5) is 5.00 Å². The molecule has 2 heterocycles. The van der Waals surface area contributed by atoms with E-state index >= 15 is 0 Å². The Kier molecular flexibility index (Phi) is 4.69. The van der Waals surface area contributed by atoms with E-state index in [0.29, 0.717) is 16.4 Å². The molecule has 1 amide bonds. The second-order valence-corrected chi connectivity index (χ2v) is 6.71. The number of carbonyl (C=O) groups excluding carboxylic acids is 1. The fourth-order valence-electron chi connectivity index (χ4n) is 1.92. The van der Waals surface area contributed by atoms with Gasteiger partial charge in [-0.2, -0.15) is 10.1 Å². The molecule has 0 aliphatic rings. The van der Waals surface area contributed by atoms with Gasteiger partial charge in [-0.1, -0.05) is 15.9 Å². The van der Waals surface area contributed by atoms with Crippen LogP contribution in [0.1, 0.15) is 18.5 Å². The quantitative estimate of drug-likeness (QED) is 0.722. The highest BCUT2D eigenvalue weighted by Crippen LogP contribution is 2.23. The van der Waals surface area contributed by atoms with Crippen LogP contribution >= 0.6 is 27.3 Å². The largest absolute Gasteiger partial charge is 0.315 e. The van der Waals surface area contributed by atoms with Crippen molar-refractivity contribution in [1.82, 2.24) is 20.2 Å². The summed E-state index contributed by atoms with van der Waals surface area (Å²) in [5, 5.41) is 26.2. The number of nitriles is 1. The van der Waals surface area contributed by atoms with Crippen molar-refractivity contribution >= 4 is 38.2 Å². The Morgan fingerprint density at radius 3 is 2.83 bits per heavy atom. The molecule has 0 unspecified atom stereocenters. The molecule has 0 fully saturated rings. The number of hydrogen-bond acceptors (Lipinski definition) is 6. The number of amides is 1. The third-order valence-electron chi connectivity index (χ3n) is 3.28. The zero-order chi connectivity index (χ0) is 17.1. The molecule has 1 aromatic carbocycles. The van der Waals surface area contributed by atoms with E-state index < -0.39 is 6.04 Å². The highest BCUT2D eigenvalue weighted by Gasteiger charge is 2.20. The average molecular weight is 403 g/mol. The maximum absolute atomic E-state index is 12.3. The third kappa shape index (κ3) is 3.34. The van der Waals surface area contributed by atoms with E-state index in [1.807, 2.05) is 30.3 Å². The van der Waals surface area contributed by atoms with Gasteiger partial charge >= 0.3 is 0 Å². The van der Waals surface area contributed by atoms with Gasteiger partial charge in [-0.3, -0.25) is 4.79 Å². The molecule has 0 saturated heterocycles. The number of halogens is 1. The van der Waals surface area contributed by atoms with Gasteiger partial charge in [0.2, 0.25) is 5.82 Å². The molecule has 24 heavy (non-hydrogen) atoms. The van der Waals surface area contributed by atoms with Crippen LogP contribution < -0.4 is 5.32 Å². The zero-order valence-corrected chi connectivity index (χ0v) is 14.9. The van der Waals surface area contributed by atoms with Crippen LogP contribution in [-0.4, -0.2) is 26.1 Å². The molecule has 2 aromatic heterocycles. The van der Waals surface area contributed by atoms with Crippen LogP contribution in [0.3, 0.4) is 0 Å². The summed E-state index contributed by atoms with van der Waals surface area (Å²) in [6.45, 7) is 1.67. The molecule has 3 rings (SSSR count). The van der Waals surface area contributed by atoms with E-state index in [0.717, 1.165) is 10.0 Å². The number of tetrazole rings is 1. The number of anilines is 1. The summed E-state index contributed by atoms with van der Waals surface area (Å²) >= 11 is 4.66.